The third-order valence-corrected chi connectivity index (χ3v) is 3.58. The number of aromatic nitrogens is 2. The fourth-order valence-electron chi connectivity index (χ4n) is 2.22. The standard InChI is InChI=1S/C19H18N4O2/c1-13-7-9-15(10-8-13)22-18(24)14-11-20-19(21-12-14)23-16-5-3-4-6-17(16)25-2/h3-12H,1-2H3,(H,22,24)(H,20,21,23). The molecule has 0 aliphatic rings. The number of hydrogen-bond donors (Lipinski definition) is 2. The molecule has 126 valence electrons. The molecular formula is C19H18N4O2. The second kappa shape index (κ2) is 7.44. The van der Waals surface area contributed by atoms with Crippen LogP contribution in [0.2, 0.25) is 0 Å². The lowest BCUT2D eigenvalue weighted by Gasteiger charge is -2.10. The Labute approximate surface area is 145 Å². The topological polar surface area (TPSA) is 76.1 Å². The second-order valence-electron chi connectivity index (χ2n) is 5.44. The summed E-state index contributed by atoms with van der Waals surface area (Å²) in [5.41, 5.74) is 2.99. The van der Waals surface area contributed by atoms with Gasteiger partial charge in [0.2, 0.25) is 5.95 Å². The molecule has 3 aromatic rings. The Bertz CT molecular complexity index is 861. The van der Waals surface area contributed by atoms with E-state index in [1.54, 1.807) is 7.11 Å². The second-order valence-corrected chi connectivity index (χ2v) is 5.44. The van der Waals surface area contributed by atoms with Crippen molar-refractivity contribution in [1.29, 1.82) is 0 Å². The van der Waals surface area contributed by atoms with E-state index >= 15 is 0 Å². The van der Waals surface area contributed by atoms with Gasteiger partial charge in [0.25, 0.3) is 5.91 Å². The molecule has 0 unspecified atom stereocenters. The summed E-state index contributed by atoms with van der Waals surface area (Å²) in [6.07, 6.45) is 2.96. The van der Waals surface area contributed by atoms with Gasteiger partial charge in [-0.25, -0.2) is 9.97 Å². The molecule has 3 rings (SSSR count). The van der Waals surface area contributed by atoms with Crippen molar-refractivity contribution in [2.24, 2.45) is 0 Å². The zero-order valence-corrected chi connectivity index (χ0v) is 14.0. The SMILES string of the molecule is COc1ccccc1Nc1ncc(C(=O)Nc2ccc(C)cc2)cn1. The van der Waals surface area contributed by atoms with E-state index < -0.39 is 0 Å². The summed E-state index contributed by atoms with van der Waals surface area (Å²) in [5, 5.41) is 5.88. The molecule has 0 atom stereocenters. The largest absolute Gasteiger partial charge is 0.495 e. The number of anilines is 3. The predicted octanol–water partition coefficient (Wildman–Crippen LogP) is 3.79. The van der Waals surface area contributed by atoms with Crippen molar-refractivity contribution in [3.8, 4) is 5.75 Å². The number of aryl methyl sites for hydroxylation is 1. The molecule has 2 N–H and O–H groups in total. The van der Waals surface area contributed by atoms with Crippen LogP contribution in [-0.2, 0) is 0 Å². The van der Waals surface area contributed by atoms with E-state index in [0.29, 0.717) is 17.3 Å². The van der Waals surface area contributed by atoms with Crippen LogP contribution in [0.25, 0.3) is 0 Å². The summed E-state index contributed by atoms with van der Waals surface area (Å²) in [6.45, 7) is 1.99. The van der Waals surface area contributed by atoms with Gasteiger partial charge in [-0.05, 0) is 31.2 Å². The number of rotatable bonds is 5. The first kappa shape index (κ1) is 16.4. The quantitative estimate of drug-likeness (QED) is 0.742. The number of carbonyl (C=O) groups is 1. The Kier molecular flexibility index (Phi) is 4.89. The number of nitrogens with zero attached hydrogens (tertiary/aromatic N) is 2. The molecule has 6 heteroatoms. The Balaban J connectivity index is 1.69. The highest BCUT2D eigenvalue weighted by atomic mass is 16.5. The first-order valence-electron chi connectivity index (χ1n) is 7.76. The maximum absolute atomic E-state index is 12.2. The highest BCUT2D eigenvalue weighted by molar-refractivity contribution is 6.03. The molecule has 0 radical (unpaired) electrons. The maximum atomic E-state index is 12.2. The van der Waals surface area contributed by atoms with Gasteiger partial charge in [0, 0.05) is 18.1 Å². The number of carbonyl (C=O) groups excluding carboxylic acids is 1. The summed E-state index contributed by atoms with van der Waals surface area (Å²) in [5.74, 6) is 0.816. The van der Waals surface area contributed by atoms with Crippen LogP contribution in [0.1, 0.15) is 15.9 Å². The normalized spacial score (nSPS) is 10.2. The zero-order chi connectivity index (χ0) is 17.6. The lowest BCUT2D eigenvalue weighted by Crippen LogP contribution is -2.13. The zero-order valence-electron chi connectivity index (χ0n) is 14.0. The van der Waals surface area contributed by atoms with Gasteiger partial charge in [-0.2, -0.15) is 0 Å². The molecule has 1 amide bonds. The number of nitrogens with one attached hydrogen (secondary N) is 2. The molecule has 0 spiro atoms. The van der Waals surface area contributed by atoms with Crippen molar-refractivity contribution >= 4 is 23.2 Å². The molecule has 0 aliphatic carbocycles. The van der Waals surface area contributed by atoms with Crippen molar-refractivity contribution < 1.29 is 9.53 Å². The Morgan fingerprint density at radius 1 is 1.00 bits per heavy atom. The summed E-state index contributed by atoms with van der Waals surface area (Å²) >= 11 is 0. The van der Waals surface area contributed by atoms with Crippen molar-refractivity contribution in [3.63, 3.8) is 0 Å². The van der Waals surface area contributed by atoms with Gasteiger partial charge in [-0.15, -0.1) is 0 Å². The number of benzene rings is 2. The van der Waals surface area contributed by atoms with E-state index in [1.807, 2.05) is 55.5 Å². The molecule has 2 aromatic carbocycles. The number of para-hydroxylation sites is 2. The summed E-state index contributed by atoms with van der Waals surface area (Å²) < 4.78 is 5.27. The lowest BCUT2D eigenvalue weighted by atomic mass is 10.2. The van der Waals surface area contributed by atoms with Gasteiger partial charge in [0.05, 0.1) is 18.4 Å². The van der Waals surface area contributed by atoms with Crippen LogP contribution < -0.4 is 15.4 Å². The van der Waals surface area contributed by atoms with Gasteiger partial charge in [-0.3, -0.25) is 4.79 Å². The van der Waals surface area contributed by atoms with Crippen LogP contribution in [0.15, 0.2) is 60.9 Å². The molecule has 25 heavy (non-hydrogen) atoms. The molecule has 0 saturated carbocycles. The van der Waals surface area contributed by atoms with Gasteiger partial charge >= 0.3 is 0 Å². The van der Waals surface area contributed by atoms with Crippen molar-refractivity contribution in [2.45, 2.75) is 6.92 Å². The minimum Gasteiger partial charge on any atom is -0.495 e. The number of hydrogen-bond acceptors (Lipinski definition) is 5. The summed E-state index contributed by atoms with van der Waals surface area (Å²) in [6, 6.07) is 15.0. The number of ether oxygens (including phenoxy) is 1. The average Bonchev–Trinajstić information content (AvgIpc) is 2.64. The molecule has 1 heterocycles. The minimum absolute atomic E-state index is 0.257. The van der Waals surface area contributed by atoms with E-state index in [1.165, 1.54) is 12.4 Å². The number of amides is 1. The third-order valence-electron chi connectivity index (χ3n) is 3.58. The Morgan fingerprint density at radius 2 is 1.68 bits per heavy atom. The smallest absolute Gasteiger partial charge is 0.258 e. The summed E-state index contributed by atoms with van der Waals surface area (Å²) in [7, 11) is 1.60. The van der Waals surface area contributed by atoms with Crippen LogP contribution in [-0.4, -0.2) is 23.0 Å². The Morgan fingerprint density at radius 3 is 2.36 bits per heavy atom. The Hall–Kier alpha value is -3.41. The molecule has 0 fully saturated rings. The van der Waals surface area contributed by atoms with E-state index in [4.69, 9.17) is 4.74 Å². The average molecular weight is 334 g/mol. The van der Waals surface area contributed by atoms with E-state index in [-0.39, 0.29) is 5.91 Å². The van der Waals surface area contributed by atoms with Crippen LogP contribution in [0, 0.1) is 6.92 Å². The van der Waals surface area contributed by atoms with Crippen molar-refractivity contribution in [2.75, 3.05) is 17.7 Å². The number of methoxy groups -OCH3 is 1. The van der Waals surface area contributed by atoms with Crippen LogP contribution in [0.3, 0.4) is 0 Å². The van der Waals surface area contributed by atoms with E-state index in [9.17, 15) is 4.79 Å². The minimum atomic E-state index is -0.257. The molecule has 6 nitrogen and oxygen atoms in total. The maximum Gasteiger partial charge on any atom is 0.258 e. The first-order valence-corrected chi connectivity index (χ1v) is 7.76. The van der Waals surface area contributed by atoms with Gasteiger partial charge < -0.3 is 15.4 Å². The monoisotopic (exact) mass is 334 g/mol. The van der Waals surface area contributed by atoms with Gasteiger partial charge in [-0.1, -0.05) is 29.8 Å². The molecule has 0 saturated heterocycles. The molecular weight excluding hydrogens is 316 g/mol. The van der Waals surface area contributed by atoms with Crippen LogP contribution >= 0.6 is 0 Å². The summed E-state index contributed by atoms with van der Waals surface area (Å²) in [4.78, 5) is 20.6. The molecule has 0 bridgehead atoms. The molecule has 0 aliphatic heterocycles. The van der Waals surface area contributed by atoms with Crippen LogP contribution in [0.5, 0.6) is 5.75 Å². The fourth-order valence-corrected chi connectivity index (χ4v) is 2.22. The van der Waals surface area contributed by atoms with Crippen molar-refractivity contribution in [1.82, 2.24) is 9.97 Å². The van der Waals surface area contributed by atoms with Gasteiger partial charge in [0.1, 0.15) is 5.75 Å². The van der Waals surface area contributed by atoms with Crippen LogP contribution in [0.4, 0.5) is 17.3 Å². The lowest BCUT2D eigenvalue weighted by molar-refractivity contribution is 0.102. The fraction of sp³-hybridized carbons (Fsp3) is 0.105. The van der Waals surface area contributed by atoms with E-state index in [0.717, 1.165) is 16.9 Å². The predicted molar refractivity (Wildman–Crippen MR) is 97.4 cm³/mol. The highest BCUT2D eigenvalue weighted by Gasteiger charge is 2.09. The van der Waals surface area contributed by atoms with Gasteiger partial charge in [0.15, 0.2) is 0 Å². The molecule has 1 aromatic heterocycles. The van der Waals surface area contributed by atoms with Crippen molar-refractivity contribution in [3.05, 3.63) is 72.1 Å². The highest BCUT2D eigenvalue weighted by Crippen LogP contribution is 2.25. The third kappa shape index (κ3) is 4.11. The van der Waals surface area contributed by atoms with E-state index in [2.05, 4.69) is 20.6 Å². The first-order chi connectivity index (χ1) is 12.2.